The van der Waals surface area contributed by atoms with Crippen LogP contribution in [-0.4, -0.2) is 29.6 Å². The molecular formula is C20H17ClN4O2S2. The van der Waals surface area contributed by atoms with E-state index in [-0.39, 0.29) is 18.0 Å². The highest BCUT2D eigenvalue weighted by Gasteiger charge is 2.16. The number of fused-ring (bicyclic) bond motifs is 1. The molecule has 1 aromatic carbocycles. The second-order valence-corrected chi connectivity index (χ2v) is 8.78. The van der Waals surface area contributed by atoms with Crippen LogP contribution < -0.4 is 15.8 Å². The average molecular weight is 445 g/mol. The van der Waals surface area contributed by atoms with Crippen LogP contribution in [0, 0.1) is 0 Å². The number of carbonyl (C=O) groups excluding carboxylic acids is 1. The molecular weight excluding hydrogens is 428 g/mol. The van der Waals surface area contributed by atoms with Crippen molar-refractivity contribution in [3.05, 3.63) is 62.8 Å². The van der Waals surface area contributed by atoms with Crippen LogP contribution in [0.3, 0.4) is 0 Å². The molecule has 0 unspecified atom stereocenters. The van der Waals surface area contributed by atoms with Crippen molar-refractivity contribution in [1.82, 2.24) is 9.55 Å². The molecule has 0 aliphatic carbocycles. The van der Waals surface area contributed by atoms with E-state index in [9.17, 15) is 9.59 Å². The number of carbonyl (C=O) groups is 1. The van der Waals surface area contributed by atoms with Crippen LogP contribution in [0.15, 0.2) is 52.2 Å². The minimum atomic E-state index is -0.327. The van der Waals surface area contributed by atoms with Gasteiger partial charge in [0.05, 0.1) is 28.1 Å². The Morgan fingerprint density at radius 1 is 1.24 bits per heavy atom. The molecule has 148 valence electrons. The summed E-state index contributed by atoms with van der Waals surface area (Å²) in [6, 6.07) is 9.22. The van der Waals surface area contributed by atoms with E-state index >= 15 is 0 Å². The van der Waals surface area contributed by atoms with E-state index in [0.29, 0.717) is 26.6 Å². The zero-order valence-electron chi connectivity index (χ0n) is 15.7. The molecule has 1 amide bonds. The van der Waals surface area contributed by atoms with Crippen LogP contribution in [0.5, 0.6) is 0 Å². The fourth-order valence-electron chi connectivity index (χ4n) is 3.11. The highest BCUT2D eigenvalue weighted by molar-refractivity contribution is 7.18. The lowest BCUT2D eigenvalue weighted by molar-refractivity contribution is -0.116. The molecule has 0 atom stereocenters. The van der Waals surface area contributed by atoms with Crippen molar-refractivity contribution >= 4 is 61.8 Å². The summed E-state index contributed by atoms with van der Waals surface area (Å²) >= 11 is 9.25. The van der Waals surface area contributed by atoms with Crippen molar-refractivity contribution in [2.75, 3.05) is 24.3 Å². The summed E-state index contributed by atoms with van der Waals surface area (Å²) in [5, 5.41) is 7.83. The SMILES string of the molecule is CN(C)c1c(Cl)cccc1NC(=O)Cn1cnc2scc(-c3cccs3)c2c1=O. The average Bonchev–Trinajstić information content (AvgIpc) is 3.33. The van der Waals surface area contributed by atoms with Gasteiger partial charge in [0.25, 0.3) is 5.56 Å². The second-order valence-electron chi connectivity index (χ2n) is 6.56. The number of nitrogens with zero attached hydrogens (tertiary/aromatic N) is 3. The largest absolute Gasteiger partial charge is 0.375 e. The molecule has 0 aliphatic heterocycles. The highest BCUT2D eigenvalue weighted by Crippen LogP contribution is 2.34. The molecule has 0 bridgehead atoms. The molecule has 3 aromatic heterocycles. The first kappa shape index (κ1) is 19.6. The Kier molecular flexibility index (Phi) is 5.40. The quantitative estimate of drug-likeness (QED) is 0.490. The fourth-order valence-corrected chi connectivity index (χ4v) is 5.17. The van der Waals surface area contributed by atoms with Gasteiger partial charge in [0.1, 0.15) is 11.4 Å². The lowest BCUT2D eigenvalue weighted by Gasteiger charge is -2.19. The number of amides is 1. The maximum Gasteiger partial charge on any atom is 0.263 e. The third-order valence-corrected chi connectivity index (χ3v) is 6.46. The highest BCUT2D eigenvalue weighted by atomic mass is 35.5. The van der Waals surface area contributed by atoms with Gasteiger partial charge in [-0.25, -0.2) is 4.98 Å². The molecule has 4 aromatic rings. The van der Waals surface area contributed by atoms with Gasteiger partial charge in [0.15, 0.2) is 0 Å². The first-order valence-corrected chi connectivity index (χ1v) is 10.9. The molecule has 0 saturated carbocycles. The number of hydrogen-bond acceptors (Lipinski definition) is 6. The Morgan fingerprint density at radius 3 is 2.79 bits per heavy atom. The van der Waals surface area contributed by atoms with Gasteiger partial charge in [-0.2, -0.15) is 0 Å². The van der Waals surface area contributed by atoms with Crippen molar-refractivity contribution in [3.8, 4) is 10.4 Å². The standard InChI is InChI=1S/C20H17ClN4O2S2/c1-24(2)18-13(21)5-3-6-14(18)23-16(26)9-25-11-22-19-17(20(25)27)12(10-29-19)15-7-4-8-28-15/h3-8,10-11H,9H2,1-2H3,(H,23,26). The maximum absolute atomic E-state index is 13.0. The molecule has 29 heavy (non-hydrogen) atoms. The van der Waals surface area contributed by atoms with Crippen LogP contribution in [0.1, 0.15) is 0 Å². The summed E-state index contributed by atoms with van der Waals surface area (Å²) in [6.45, 7) is -0.138. The van der Waals surface area contributed by atoms with E-state index < -0.39 is 0 Å². The Hall–Kier alpha value is -2.68. The second kappa shape index (κ2) is 7.98. The van der Waals surface area contributed by atoms with Gasteiger partial charge >= 0.3 is 0 Å². The minimum Gasteiger partial charge on any atom is -0.375 e. The van der Waals surface area contributed by atoms with Gasteiger partial charge in [-0.15, -0.1) is 22.7 Å². The third kappa shape index (κ3) is 3.78. The van der Waals surface area contributed by atoms with Crippen LogP contribution in [-0.2, 0) is 11.3 Å². The number of thiophene rings is 2. The molecule has 1 N–H and O–H groups in total. The van der Waals surface area contributed by atoms with E-state index in [1.165, 1.54) is 22.2 Å². The van der Waals surface area contributed by atoms with Crippen LogP contribution >= 0.6 is 34.3 Å². The molecule has 4 rings (SSSR count). The molecule has 6 nitrogen and oxygen atoms in total. The number of nitrogens with one attached hydrogen (secondary N) is 1. The lowest BCUT2D eigenvalue weighted by Crippen LogP contribution is -2.28. The van der Waals surface area contributed by atoms with Gasteiger partial charge in [-0.3, -0.25) is 14.2 Å². The van der Waals surface area contributed by atoms with Crippen molar-refractivity contribution in [2.24, 2.45) is 0 Å². The molecule has 0 fully saturated rings. The summed E-state index contributed by atoms with van der Waals surface area (Å²) in [5.74, 6) is -0.327. The summed E-state index contributed by atoms with van der Waals surface area (Å²) in [7, 11) is 3.70. The molecule has 0 aliphatic rings. The zero-order valence-corrected chi connectivity index (χ0v) is 18.1. The minimum absolute atomic E-state index is 0.138. The van der Waals surface area contributed by atoms with Crippen molar-refractivity contribution in [1.29, 1.82) is 0 Å². The Bertz CT molecular complexity index is 1250. The zero-order chi connectivity index (χ0) is 20.5. The van der Waals surface area contributed by atoms with Gasteiger partial charge < -0.3 is 10.2 Å². The monoisotopic (exact) mass is 444 g/mol. The molecule has 9 heteroatoms. The van der Waals surface area contributed by atoms with Gasteiger partial charge in [0, 0.05) is 29.9 Å². The van der Waals surface area contributed by atoms with E-state index in [1.54, 1.807) is 29.5 Å². The normalized spacial score (nSPS) is 11.0. The number of benzene rings is 1. The number of halogens is 1. The van der Waals surface area contributed by atoms with E-state index in [0.717, 1.165) is 10.4 Å². The topological polar surface area (TPSA) is 67.2 Å². The number of para-hydroxylation sites is 1. The van der Waals surface area contributed by atoms with Crippen molar-refractivity contribution < 1.29 is 4.79 Å². The van der Waals surface area contributed by atoms with Crippen LogP contribution in [0.25, 0.3) is 20.7 Å². The molecule has 0 saturated heterocycles. The van der Waals surface area contributed by atoms with E-state index in [1.807, 2.05) is 41.9 Å². The van der Waals surface area contributed by atoms with Gasteiger partial charge in [0.2, 0.25) is 5.91 Å². The Balaban J connectivity index is 1.65. The van der Waals surface area contributed by atoms with E-state index in [2.05, 4.69) is 10.3 Å². The molecule has 0 radical (unpaired) electrons. The number of hydrogen-bond donors (Lipinski definition) is 1. The van der Waals surface area contributed by atoms with Gasteiger partial charge in [-0.05, 0) is 23.6 Å². The summed E-state index contributed by atoms with van der Waals surface area (Å²) in [5.41, 5.74) is 1.93. The lowest BCUT2D eigenvalue weighted by atomic mass is 10.2. The summed E-state index contributed by atoms with van der Waals surface area (Å²) < 4.78 is 1.33. The molecule has 3 heterocycles. The number of anilines is 2. The van der Waals surface area contributed by atoms with Crippen LogP contribution in [0.4, 0.5) is 11.4 Å². The fraction of sp³-hybridized carbons (Fsp3) is 0.150. The summed E-state index contributed by atoms with van der Waals surface area (Å²) in [4.78, 5) is 33.6. The Morgan fingerprint density at radius 2 is 2.07 bits per heavy atom. The predicted octanol–water partition coefficient (Wildman–Crippen LogP) is 4.54. The first-order valence-electron chi connectivity index (χ1n) is 8.72. The number of rotatable bonds is 5. The predicted molar refractivity (Wildman–Crippen MR) is 122 cm³/mol. The molecule has 0 spiro atoms. The van der Waals surface area contributed by atoms with Crippen molar-refractivity contribution in [3.63, 3.8) is 0 Å². The maximum atomic E-state index is 13.0. The smallest absolute Gasteiger partial charge is 0.263 e. The number of aromatic nitrogens is 2. The summed E-state index contributed by atoms with van der Waals surface area (Å²) in [6.07, 6.45) is 1.42. The Labute approximate surface area is 180 Å². The third-order valence-electron chi connectivity index (χ3n) is 4.37. The van der Waals surface area contributed by atoms with Crippen molar-refractivity contribution in [2.45, 2.75) is 6.54 Å². The van der Waals surface area contributed by atoms with Crippen LogP contribution in [0.2, 0.25) is 5.02 Å². The first-order chi connectivity index (χ1) is 14.0. The van der Waals surface area contributed by atoms with E-state index in [4.69, 9.17) is 11.6 Å². The van der Waals surface area contributed by atoms with Gasteiger partial charge in [-0.1, -0.05) is 23.7 Å².